The van der Waals surface area contributed by atoms with Crippen LogP contribution in [0.1, 0.15) is 51.4 Å². The minimum atomic E-state index is 0.0470. The molecular formula is C20H28N2O2. The zero-order valence-electron chi connectivity index (χ0n) is 14.5. The number of nitrogens with one attached hydrogen (secondary N) is 1. The molecule has 4 heteroatoms. The van der Waals surface area contributed by atoms with Crippen molar-refractivity contribution in [2.24, 2.45) is 11.8 Å². The lowest BCUT2D eigenvalue weighted by Crippen LogP contribution is -2.41. The lowest BCUT2D eigenvalue weighted by molar-refractivity contribution is -0.129. The zero-order chi connectivity index (χ0) is 16.9. The van der Waals surface area contributed by atoms with Crippen molar-refractivity contribution in [2.45, 2.75) is 57.4 Å². The van der Waals surface area contributed by atoms with E-state index < -0.39 is 0 Å². The van der Waals surface area contributed by atoms with Gasteiger partial charge in [-0.1, -0.05) is 31.0 Å². The first-order valence-electron chi connectivity index (χ1n) is 9.28. The second kappa shape index (κ2) is 7.82. The smallest absolute Gasteiger partial charge is 0.229 e. The van der Waals surface area contributed by atoms with Gasteiger partial charge in [-0.2, -0.15) is 0 Å². The summed E-state index contributed by atoms with van der Waals surface area (Å²) in [4.78, 5) is 26.8. The summed E-state index contributed by atoms with van der Waals surface area (Å²) in [6.07, 6.45) is 8.02. The molecule has 2 aliphatic rings. The standard InChI is InChI=1S/C20H28N2O2/c1-22(18-9-3-2-4-10-18)20(24)16-13-11-15(12-14-16)19(23)21-17-7-5-6-8-17/h2-4,9-10,15-17H,5-8,11-14H2,1H3,(H,21,23). The molecule has 2 aliphatic carbocycles. The van der Waals surface area contributed by atoms with Gasteiger partial charge in [-0.15, -0.1) is 0 Å². The molecule has 2 fully saturated rings. The maximum absolute atomic E-state index is 12.7. The number of para-hydroxylation sites is 1. The Bertz CT molecular complexity index is 558. The second-order valence-corrected chi connectivity index (χ2v) is 7.27. The van der Waals surface area contributed by atoms with Gasteiger partial charge in [-0.25, -0.2) is 0 Å². The Kier molecular flexibility index (Phi) is 5.54. The van der Waals surface area contributed by atoms with Gasteiger partial charge in [0.2, 0.25) is 11.8 Å². The maximum Gasteiger partial charge on any atom is 0.229 e. The first kappa shape index (κ1) is 17.0. The Morgan fingerprint density at radius 2 is 1.50 bits per heavy atom. The highest BCUT2D eigenvalue weighted by molar-refractivity contribution is 5.94. The third-order valence-corrected chi connectivity index (χ3v) is 5.62. The number of carbonyl (C=O) groups is 2. The number of rotatable bonds is 4. The molecule has 0 bridgehead atoms. The third kappa shape index (κ3) is 3.97. The van der Waals surface area contributed by atoms with Gasteiger partial charge < -0.3 is 10.2 Å². The van der Waals surface area contributed by atoms with Crippen LogP contribution in [0.4, 0.5) is 5.69 Å². The number of amides is 2. The zero-order valence-corrected chi connectivity index (χ0v) is 14.5. The molecule has 24 heavy (non-hydrogen) atoms. The van der Waals surface area contributed by atoms with E-state index in [1.165, 1.54) is 12.8 Å². The number of hydrogen-bond acceptors (Lipinski definition) is 2. The Balaban J connectivity index is 1.49. The van der Waals surface area contributed by atoms with Crippen LogP contribution in [-0.2, 0) is 9.59 Å². The molecule has 0 saturated heterocycles. The van der Waals surface area contributed by atoms with Crippen LogP contribution in [0.2, 0.25) is 0 Å². The van der Waals surface area contributed by atoms with E-state index >= 15 is 0 Å². The number of nitrogens with zero attached hydrogens (tertiary/aromatic N) is 1. The van der Waals surface area contributed by atoms with Gasteiger partial charge in [0.15, 0.2) is 0 Å². The predicted molar refractivity (Wildman–Crippen MR) is 95.7 cm³/mol. The summed E-state index contributed by atoms with van der Waals surface area (Å²) >= 11 is 0. The Labute approximate surface area is 144 Å². The maximum atomic E-state index is 12.7. The number of benzene rings is 1. The van der Waals surface area contributed by atoms with E-state index in [0.29, 0.717) is 6.04 Å². The van der Waals surface area contributed by atoms with Crippen molar-refractivity contribution >= 4 is 17.5 Å². The topological polar surface area (TPSA) is 49.4 Å². The van der Waals surface area contributed by atoms with Crippen LogP contribution in [-0.4, -0.2) is 24.9 Å². The van der Waals surface area contributed by atoms with Gasteiger partial charge in [-0.3, -0.25) is 9.59 Å². The van der Waals surface area contributed by atoms with Gasteiger partial charge in [0, 0.05) is 30.6 Å². The van der Waals surface area contributed by atoms with Crippen LogP contribution in [0.15, 0.2) is 30.3 Å². The van der Waals surface area contributed by atoms with E-state index in [1.54, 1.807) is 4.90 Å². The molecule has 0 spiro atoms. The summed E-state index contributed by atoms with van der Waals surface area (Å²) in [6, 6.07) is 10.2. The summed E-state index contributed by atoms with van der Waals surface area (Å²) in [7, 11) is 1.84. The quantitative estimate of drug-likeness (QED) is 0.919. The van der Waals surface area contributed by atoms with Crippen LogP contribution >= 0.6 is 0 Å². The fraction of sp³-hybridized carbons (Fsp3) is 0.600. The number of anilines is 1. The fourth-order valence-electron chi connectivity index (χ4n) is 4.04. The highest BCUT2D eigenvalue weighted by Crippen LogP contribution is 2.31. The number of carbonyl (C=O) groups excluding carboxylic acids is 2. The monoisotopic (exact) mass is 328 g/mol. The van der Waals surface area contributed by atoms with Gasteiger partial charge >= 0.3 is 0 Å². The van der Waals surface area contributed by atoms with Gasteiger partial charge in [0.1, 0.15) is 0 Å². The van der Waals surface area contributed by atoms with Crippen molar-refractivity contribution in [1.82, 2.24) is 5.32 Å². The molecule has 0 atom stereocenters. The predicted octanol–water partition coefficient (Wildman–Crippen LogP) is 3.51. The van der Waals surface area contributed by atoms with Gasteiger partial charge in [0.25, 0.3) is 0 Å². The van der Waals surface area contributed by atoms with Crippen LogP contribution in [0.3, 0.4) is 0 Å². The molecular weight excluding hydrogens is 300 g/mol. The Hall–Kier alpha value is -1.84. The molecule has 1 aromatic carbocycles. The van der Waals surface area contributed by atoms with Crippen molar-refractivity contribution in [3.8, 4) is 0 Å². The minimum Gasteiger partial charge on any atom is -0.353 e. The second-order valence-electron chi connectivity index (χ2n) is 7.27. The van der Waals surface area contributed by atoms with E-state index in [4.69, 9.17) is 0 Å². The van der Waals surface area contributed by atoms with Gasteiger partial charge in [0.05, 0.1) is 0 Å². The van der Waals surface area contributed by atoms with E-state index in [-0.39, 0.29) is 23.7 Å². The largest absolute Gasteiger partial charge is 0.353 e. The summed E-state index contributed by atoms with van der Waals surface area (Å²) in [6.45, 7) is 0. The summed E-state index contributed by atoms with van der Waals surface area (Å²) in [5, 5.41) is 3.21. The molecule has 2 amide bonds. The lowest BCUT2D eigenvalue weighted by atomic mass is 9.80. The Morgan fingerprint density at radius 3 is 2.12 bits per heavy atom. The van der Waals surface area contributed by atoms with Gasteiger partial charge in [-0.05, 0) is 50.7 Å². The normalized spacial score (nSPS) is 24.5. The Morgan fingerprint density at radius 1 is 0.917 bits per heavy atom. The van der Waals surface area contributed by atoms with Crippen molar-refractivity contribution in [2.75, 3.05) is 11.9 Å². The van der Waals surface area contributed by atoms with Crippen LogP contribution in [0, 0.1) is 11.8 Å². The first-order chi connectivity index (χ1) is 11.6. The van der Waals surface area contributed by atoms with E-state index in [9.17, 15) is 9.59 Å². The highest BCUT2D eigenvalue weighted by atomic mass is 16.2. The van der Waals surface area contributed by atoms with Crippen molar-refractivity contribution in [3.63, 3.8) is 0 Å². The molecule has 130 valence electrons. The van der Waals surface area contributed by atoms with Crippen molar-refractivity contribution < 1.29 is 9.59 Å². The molecule has 3 rings (SSSR count). The summed E-state index contributed by atoms with van der Waals surface area (Å²) < 4.78 is 0. The van der Waals surface area contributed by atoms with Crippen LogP contribution in [0.5, 0.6) is 0 Å². The molecule has 0 radical (unpaired) electrons. The molecule has 1 N–H and O–H groups in total. The summed E-state index contributed by atoms with van der Waals surface area (Å²) in [5.41, 5.74) is 0.934. The number of hydrogen-bond donors (Lipinski definition) is 1. The van der Waals surface area contributed by atoms with Crippen LogP contribution in [0.25, 0.3) is 0 Å². The SMILES string of the molecule is CN(C(=O)C1CCC(C(=O)NC2CCCC2)CC1)c1ccccc1. The lowest BCUT2D eigenvalue weighted by Gasteiger charge is -2.30. The molecule has 2 saturated carbocycles. The van der Waals surface area contributed by atoms with Crippen molar-refractivity contribution in [3.05, 3.63) is 30.3 Å². The first-order valence-corrected chi connectivity index (χ1v) is 9.28. The highest BCUT2D eigenvalue weighted by Gasteiger charge is 2.32. The fourth-order valence-corrected chi connectivity index (χ4v) is 4.04. The van der Waals surface area contributed by atoms with E-state index in [2.05, 4.69) is 5.32 Å². The van der Waals surface area contributed by atoms with E-state index in [0.717, 1.165) is 44.2 Å². The molecule has 0 unspecified atom stereocenters. The van der Waals surface area contributed by atoms with Crippen LogP contribution < -0.4 is 10.2 Å². The molecule has 0 heterocycles. The molecule has 0 aromatic heterocycles. The average Bonchev–Trinajstić information content (AvgIpc) is 3.14. The third-order valence-electron chi connectivity index (χ3n) is 5.62. The molecule has 4 nitrogen and oxygen atoms in total. The van der Waals surface area contributed by atoms with Crippen molar-refractivity contribution in [1.29, 1.82) is 0 Å². The average molecular weight is 328 g/mol. The van der Waals surface area contributed by atoms with E-state index in [1.807, 2.05) is 37.4 Å². The molecule has 0 aliphatic heterocycles. The minimum absolute atomic E-state index is 0.0470. The molecule has 1 aromatic rings. The summed E-state index contributed by atoms with van der Waals surface area (Å²) in [5.74, 6) is 0.530.